The molecule has 0 N–H and O–H groups in total. The Hall–Kier alpha value is -2.40. The van der Waals surface area contributed by atoms with Crippen molar-refractivity contribution in [3.63, 3.8) is 0 Å². The second-order valence-corrected chi connectivity index (χ2v) is 9.35. The number of alkyl halides is 1. The fourth-order valence-electron chi connectivity index (χ4n) is 4.29. The van der Waals surface area contributed by atoms with Gasteiger partial charge >= 0.3 is 0 Å². The fraction of sp³-hybridized carbons (Fsp3) is 0.429. The number of hydrogen-bond acceptors (Lipinski definition) is 4. The zero-order chi connectivity index (χ0) is 20.2. The Labute approximate surface area is 170 Å². The van der Waals surface area contributed by atoms with Crippen LogP contribution in [-0.2, 0) is 0 Å². The van der Waals surface area contributed by atoms with E-state index in [4.69, 9.17) is 0 Å². The van der Waals surface area contributed by atoms with E-state index in [1.165, 1.54) is 24.7 Å². The molecule has 6 nitrogen and oxygen atoms in total. The highest BCUT2D eigenvalue weighted by Crippen LogP contribution is 2.41. The lowest BCUT2D eigenvalue weighted by Crippen LogP contribution is -2.48. The van der Waals surface area contributed by atoms with Gasteiger partial charge in [-0.25, -0.2) is 13.9 Å². The number of fused-ring (bicyclic) bond motifs is 1. The van der Waals surface area contributed by atoms with Crippen LogP contribution < -0.4 is 0 Å². The average molecular weight is 411 g/mol. The van der Waals surface area contributed by atoms with Crippen molar-refractivity contribution < 1.29 is 9.18 Å². The summed E-state index contributed by atoms with van der Waals surface area (Å²) in [5, 5.41) is 2.69. The van der Waals surface area contributed by atoms with Gasteiger partial charge in [0.15, 0.2) is 0 Å². The van der Waals surface area contributed by atoms with Crippen molar-refractivity contribution in [3.8, 4) is 0 Å². The molecule has 2 aliphatic rings. The molecule has 3 heterocycles. The van der Waals surface area contributed by atoms with Crippen molar-refractivity contribution in [2.45, 2.75) is 43.4 Å². The number of nitrogens with zero attached hydrogens (tertiary/aromatic N) is 5. The third kappa shape index (κ3) is 3.64. The maximum Gasteiger partial charge on any atom is 0.253 e. The van der Waals surface area contributed by atoms with Crippen LogP contribution in [0, 0.1) is 6.92 Å². The van der Waals surface area contributed by atoms with Gasteiger partial charge in [-0.2, -0.15) is 10.1 Å². The number of halogens is 1. The van der Waals surface area contributed by atoms with Crippen LogP contribution in [0.4, 0.5) is 4.39 Å². The van der Waals surface area contributed by atoms with Crippen LogP contribution in [0.25, 0.3) is 5.78 Å². The lowest BCUT2D eigenvalue weighted by molar-refractivity contribution is 0.0543. The number of aromatic nitrogens is 4. The lowest BCUT2D eigenvalue weighted by atomic mass is 9.92. The molecule has 3 aromatic rings. The number of amides is 1. The van der Waals surface area contributed by atoms with E-state index in [0.717, 1.165) is 11.4 Å². The first kappa shape index (κ1) is 18.6. The van der Waals surface area contributed by atoms with E-state index in [0.29, 0.717) is 30.2 Å². The molecule has 8 heteroatoms. The second-order valence-electron chi connectivity index (χ2n) is 8.31. The van der Waals surface area contributed by atoms with E-state index in [-0.39, 0.29) is 18.4 Å². The van der Waals surface area contributed by atoms with Gasteiger partial charge in [-0.1, -0.05) is 21.4 Å². The van der Waals surface area contributed by atoms with E-state index >= 15 is 4.39 Å². The van der Waals surface area contributed by atoms with Crippen LogP contribution in [0.2, 0.25) is 0 Å². The predicted molar refractivity (Wildman–Crippen MR) is 111 cm³/mol. The van der Waals surface area contributed by atoms with Crippen LogP contribution >= 0.6 is 9.24 Å². The quantitative estimate of drug-likeness (QED) is 0.619. The summed E-state index contributed by atoms with van der Waals surface area (Å²) >= 11 is 0. The standard InChI is InChI=1S/C21H23FN5OP/c1-13-8-18(27-20(25-13)23-12-24-27)17-9-21(22,29)11-26(10-17)19(28)16-6-4-15(5-7-16)14-2-3-14/h4-8,12,14,17H,2-3,9-11,29H2,1H3. The van der Waals surface area contributed by atoms with Crippen LogP contribution in [0.5, 0.6) is 0 Å². The Morgan fingerprint density at radius 3 is 2.72 bits per heavy atom. The lowest BCUT2D eigenvalue weighted by Gasteiger charge is -2.40. The van der Waals surface area contributed by atoms with Gasteiger partial charge in [0.05, 0.1) is 12.2 Å². The molecule has 1 aliphatic heterocycles. The van der Waals surface area contributed by atoms with Gasteiger partial charge in [-0.05, 0) is 55.9 Å². The normalized spacial score (nSPS) is 24.8. The van der Waals surface area contributed by atoms with Crippen LogP contribution in [-0.4, -0.2) is 48.9 Å². The van der Waals surface area contributed by atoms with Crippen molar-refractivity contribution in [1.29, 1.82) is 0 Å². The summed E-state index contributed by atoms with van der Waals surface area (Å²) in [5.74, 6) is 0.797. The summed E-state index contributed by atoms with van der Waals surface area (Å²) < 4.78 is 16.9. The van der Waals surface area contributed by atoms with Crippen molar-refractivity contribution in [3.05, 3.63) is 59.2 Å². The van der Waals surface area contributed by atoms with Crippen LogP contribution in [0.15, 0.2) is 36.7 Å². The van der Waals surface area contributed by atoms with E-state index in [9.17, 15) is 4.79 Å². The summed E-state index contributed by atoms with van der Waals surface area (Å²) in [6.45, 7) is 2.37. The summed E-state index contributed by atoms with van der Waals surface area (Å²) in [4.78, 5) is 23.3. The summed E-state index contributed by atoms with van der Waals surface area (Å²) in [6, 6.07) is 9.70. The number of carbonyl (C=O) groups excluding carboxylic acids is 1. The molecule has 2 fully saturated rings. The fourth-order valence-corrected chi connectivity index (χ4v) is 4.79. The number of aryl methyl sites for hydroxylation is 1. The maximum absolute atomic E-state index is 15.2. The van der Waals surface area contributed by atoms with Crippen LogP contribution in [0.1, 0.15) is 58.4 Å². The largest absolute Gasteiger partial charge is 0.334 e. The molecule has 29 heavy (non-hydrogen) atoms. The number of likely N-dealkylation sites (tertiary alicyclic amines) is 1. The van der Waals surface area contributed by atoms with Crippen molar-refractivity contribution in [2.75, 3.05) is 13.1 Å². The first-order valence-electron chi connectivity index (χ1n) is 9.94. The Morgan fingerprint density at radius 1 is 1.24 bits per heavy atom. The van der Waals surface area contributed by atoms with Gasteiger partial charge in [-0.3, -0.25) is 4.79 Å². The summed E-state index contributed by atoms with van der Waals surface area (Å²) in [6.07, 6.45) is 4.18. The SMILES string of the molecule is Cc1cc(C2CN(C(=O)c3ccc(C4CC4)cc3)CC(F)(P)C2)n2ncnc2n1. The highest BCUT2D eigenvalue weighted by molar-refractivity contribution is 7.18. The van der Waals surface area contributed by atoms with E-state index in [1.807, 2.05) is 37.3 Å². The van der Waals surface area contributed by atoms with Gasteiger partial charge in [0.1, 0.15) is 11.7 Å². The third-order valence-electron chi connectivity index (χ3n) is 5.80. The number of hydrogen-bond donors (Lipinski definition) is 0. The maximum atomic E-state index is 15.2. The highest BCUT2D eigenvalue weighted by Gasteiger charge is 2.40. The smallest absolute Gasteiger partial charge is 0.253 e. The molecule has 0 spiro atoms. The van der Waals surface area contributed by atoms with Gasteiger partial charge in [0, 0.05) is 23.7 Å². The van der Waals surface area contributed by atoms with Crippen molar-refractivity contribution in [1.82, 2.24) is 24.5 Å². The minimum absolute atomic E-state index is 0.0575. The second kappa shape index (κ2) is 6.84. The number of rotatable bonds is 3. The zero-order valence-electron chi connectivity index (χ0n) is 16.3. The number of carbonyl (C=O) groups is 1. The first-order chi connectivity index (χ1) is 13.9. The topological polar surface area (TPSA) is 63.4 Å². The number of piperidine rings is 1. The zero-order valence-corrected chi connectivity index (χ0v) is 17.4. The van der Waals surface area contributed by atoms with E-state index in [1.54, 1.807) is 9.42 Å². The molecular weight excluding hydrogens is 388 g/mol. The monoisotopic (exact) mass is 411 g/mol. The third-order valence-corrected chi connectivity index (χ3v) is 6.22. The molecule has 150 valence electrons. The van der Waals surface area contributed by atoms with Gasteiger partial charge < -0.3 is 4.90 Å². The Bertz CT molecular complexity index is 1080. The molecule has 1 amide bonds. The first-order valence-corrected chi connectivity index (χ1v) is 10.5. The molecule has 1 saturated heterocycles. The molecule has 0 radical (unpaired) electrons. The van der Waals surface area contributed by atoms with Crippen LogP contribution in [0.3, 0.4) is 0 Å². The van der Waals surface area contributed by atoms with Gasteiger partial charge in [-0.15, -0.1) is 0 Å². The summed E-state index contributed by atoms with van der Waals surface area (Å²) in [5.41, 5.74) is 3.52. The Kier molecular flexibility index (Phi) is 4.39. The molecule has 3 atom stereocenters. The molecular formula is C21H23FN5OP. The van der Waals surface area contributed by atoms with Gasteiger partial charge in [0.25, 0.3) is 11.7 Å². The highest BCUT2D eigenvalue weighted by atomic mass is 31.0. The molecule has 1 saturated carbocycles. The minimum Gasteiger partial charge on any atom is -0.334 e. The average Bonchev–Trinajstić information content (AvgIpc) is 3.43. The molecule has 3 unspecified atom stereocenters. The molecule has 1 aromatic carbocycles. The predicted octanol–water partition coefficient (Wildman–Crippen LogP) is 3.48. The van der Waals surface area contributed by atoms with Crippen molar-refractivity contribution in [2.24, 2.45) is 0 Å². The molecule has 1 aliphatic carbocycles. The minimum atomic E-state index is -1.56. The molecule has 0 bridgehead atoms. The Balaban J connectivity index is 1.44. The van der Waals surface area contributed by atoms with E-state index < -0.39 is 5.41 Å². The van der Waals surface area contributed by atoms with E-state index in [2.05, 4.69) is 24.3 Å². The number of benzene rings is 1. The Morgan fingerprint density at radius 2 is 2.00 bits per heavy atom. The molecule has 2 aromatic heterocycles. The summed E-state index contributed by atoms with van der Waals surface area (Å²) in [7, 11) is 2.30. The molecule has 5 rings (SSSR count). The van der Waals surface area contributed by atoms with Crippen molar-refractivity contribution >= 4 is 20.9 Å². The van der Waals surface area contributed by atoms with Gasteiger partial charge in [0.2, 0.25) is 0 Å².